The first-order valence-corrected chi connectivity index (χ1v) is 8.68. The third-order valence-electron chi connectivity index (χ3n) is 4.05. The first-order valence-electron chi connectivity index (χ1n) is 8.68. The van der Waals surface area contributed by atoms with Gasteiger partial charge in [0.05, 0.1) is 25.7 Å². The molecule has 1 amide bonds. The Balaban J connectivity index is 0.00000338. The highest BCUT2D eigenvalue weighted by atomic mass is 35.5. The van der Waals surface area contributed by atoms with Crippen molar-refractivity contribution in [3.63, 3.8) is 0 Å². The number of carbonyl (C=O) groups is 2. The maximum absolute atomic E-state index is 12.3. The van der Waals surface area contributed by atoms with Crippen LogP contribution in [0, 0.1) is 5.92 Å². The maximum Gasteiger partial charge on any atom is 0.307 e. The number of carboxylic acid groups (broad SMARTS) is 1. The second kappa shape index (κ2) is 10.9. The highest BCUT2D eigenvalue weighted by Gasteiger charge is 2.26. The number of aliphatic carboxylic acids is 1. The lowest BCUT2D eigenvalue weighted by Gasteiger charge is -2.29. The summed E-state index contributed by atoms with van der Waals surface area (Å²) in [5.74, 6) is -0.124. The molecule has 1 aromatic rings. The van der Waals surface area contributed by atoms with E-state index < -0.39 is 11.9 Å². The predicted octanol–water partition coefficient (Wildman–Crippen LogP) is 2.64. The summed E-state index contributed by atoms with van der Waals surface area (Å²) in [5.41, 5.74) is 0.628. The SMILES string of the molecule is CCOc1ccc(NC(=O)CN2CCCC(C(=O)O)C2)cc1OCC.Cl. The van der Waals surface area contributed by atoms with Crippen LogP contribution in [0.5, 0.6) is 11.5 Å². The number of benzene rings is 1. The fourth-order valence-corrected chi connectivity index (χ4v) is 2.93. The fraction of sp³-hybridized carbons (Fsp3) is 0.556. The number of halogens is 1. The number of carboxylic acids is 1. The highest BCUT2D eigenvalue weighted by Crippen LogP contribution is 2.30. The average Bonchev–Trinajstić information content (AvgIpc) is 2.57. The van der Waals surface area contributed by atoms with E-state index in [4.69, 9.17) is 14.6 Å². The molecule has 1 aliphatic heterocycles. The van der Waals surface area contributed by atoms with Crippen LogP contribution in [0.15, 0.2) is 18.2 Å². The van der Waals surface area contributed by atoms with E-state index in [1.54, 1.807) is 18.2 Å². The van der Waals surface area contributed by atoms with E-state index in [1.807, 2.05) is 18.7 Å². The van der Waals surface area contributed by atoms with Crippen LogP contribution in [0.4, 0.5) is 5.69 Å². The van der Waals surface area contributed by atoms with E-state index in [0.717, 1.165) is 13.0 Å². The quantitative estimate of drug-likeness (QED) is 0.714. The Kier molecular flexibility index (Phi) is 9.23. The largest absolute Gasteiger partial charge is 0.490 e. The molecule has 0 saturated carbocycles. The van der Waals surface area contributed by atoms with Gasteiger partial charge in [0.1, 0.15) is 0 Å². The first kappa shape index (κ1) is 22.1. The smallest absolute Gasteiger partial charge is 0.307 e. The minimum atomic E-state index is -0.794. The van der Waals surface area contributed by atoms with E-state index in [1.165, 1.54) is 0 Å². The van der Waals surface area contributed by atoms with Crippen LogP contribution in [-0.4, -0.2) is 54.7 Å². The van der Waals surface area contributed by atoms with Crippen LogP contribution in [0.3, 0.4) is 0 Å². The Morgan fingerprint density at radius 3 is 2.58 bits per heavy atom. The van der Waals surface area contributed by atoms with Crippen LogP contribution in [0.2, 0.25) is 0 Å². The summed E-state index contributed by atoms with van der Waals surface area (Å²) >= 11 is 0. The number of hydrogen-bond acceptors (Lipinski definition) is 5. The molecule has 1 atom stereocenters. The summed E-state index contributed by atoms with van der Waals surface area (Å²) in [4.78, 5) is 25.3. The number of anilines is 1. The minimum Gasteiger partial charge on any atom is -0.490 e. The molecule has 1 saturated heterocycles. The Bertz CT molecular complexity index is 611. The number of likely N-dealkylation sites (tertiary alicyclic amines) is 1. The monoisotopic (exact) mass is 386 g/mol. The molecule has 0 aliphatic carbocycles. The zero-order valence-electron chi connectivity index (χ0n) is 15.2. The van der Waals surface area contributed by atoms with Gasteiger partial charge in [-0.15, -0.1) is 12.4 Å². The van der Waals surface area contributed by atoms with Gasteiger partial charge in [0.15, 0.2) is 11.5 Å². The number of nitrogens with zero attached hydrogens (tertiary/aromatic N) is 1. The Morgan fingerprint density at radius 1 is 1.23 bits per heavy atom. The van der Waals surface area contributed by atoms with Crippen molar-refractivity contribution in [2.75, 3.05) is 38.2 Å². The molecule has 2 rings (SSSR count). The van der Waals surface area contributed by atoms with Crippen LogP contribution in [0.1, 0.15) is 26.7 Å². The summed E-state index contributed by atoms with van der Waals surface area (Å²) in [6.07, 6.45) is 1.46. The molecule has 1 aromatic carbocycles. The third-order valence-corrected chi connectivity index (χ3v) is 4.05. The molecule has 0 bridgehead atoms. The van der Waals surface area contributed by atoms with Crippen molar-refractivity contribution in [3.8, 4) is 11.5 Å². The third kappa shape index (κ3) is 6.38. The molecule has 1 aliphatic rings. The average molecular weight is 387 g/mol. The highest BCUT2D eigenvalue weighted by molar-refractivity contribution is 5.92. The number of carbonyl (C=O) groups excluding carboxylic acids is 1. The van der Waals surface area contributed by atoms with Gasteiger partial charge in [0, 0.05) is 18.3 Å². The summed E-state index contributed by atoms with van der Waals surface area (Å²) in [6.45, 7) is 6.15. The van der Waals surface area contributed by atoms with Gasteiger partial charge in [-0.25, -0.2) is 0 Å². The van der Waals surface area contributed by atoms with Gasteiger partial charge in [0.25, 0.3) is 0 Å². The number of hydrogen-bond donors (Lipinski definition) is 2. The van der Waals surface area contributed by atoms with Crippen molar-refractivity contribution in [1.82, 2.24) is 4.90 Å². The van der Waals surface area contributed by atoms with E-state index in [-0.39, 0.29) is 24.9 Å². The molecular weight excluding hydrogens is 360 g/mol. The van der Waals surface area contributed by atoms with Crippen molar-refractivity contribution < 1.29 is 24.2 Å². The lowest BCUT2D eigenvalue weighted by Crippen LogP contribution is -2.42. The zero-order valence-corrected chi connectivity index (χ0v) is 16.0. The standard InChI is InChI=1S/C18H26N2O5.ClH/c1-3-24-15-8-7-14(10-16(15)25-4-2)19-17(21)12-20-9-5-6-13(11-20)18(22)23;/h7-8,10,13H,3-6,9,11-12H2,1-2H3,(H,19,21)(H,22,23);1H. The molecular formula is C18H27ClN2O5. The summed E-state index contributed by atoms with van der Waals surface area (Å²) in [7, 11) is 0. The van der Waals surface area contributed by atoms with Crippen LogP contribution < -0.4 is 14.8 Å². The van der Waals surface area contributed by atoms with Gasteiger partial charge in [0.2, 0.25) is 5.91 Å². The van der Waals surface area contributed by atoms with Gasteiger partial charge in [-0.3, -0.25) is 14.5 Å². The van der Waals surface area contributed by atoms with Gasteiger partial charge < -0.3 is 19.9 Å². The van der Waals surface area contributed by atoms with E-state index in [9.17, 15) is 9.59 Å². The second-order valence-electron chi connectivity index (χ2n) is 5.99. The van der Waals surface area contributed by atoms with Crippen LogP contribution in [0.25, 0.3) is 0 Å². The summed E-state index contributed by atoms with van der Waals surface area (Å²) in [5, 5.41) is 12.0. The zero-order chi connectivity index (χ0) is 18.2. The molecule has 26 heavy (non-hydrogen) atoms. The molecule has 0 aromatic heterocycles. The summed E-state index contributed by atoms with van der Waals surface area (Å²) in [6, 6.07) is 5.27. The Hall–Kier alpha value is -1.99. The Labute approximate surface area is 160 Å². The van der Waals surface area contributed by atoms with Gasteiger partial charge in [-0.05, 0) is 45.4 Å². The van der Waals surface area contributed by atoms with Crippen LogP contribution >= 0.6 is 12.4 Å². The van der Waals surface area contributed by atoms with Gasteiger partial charge in [-0.2, -0.15) is 0 Å². The van der Waals surface area contributed by atoms with E-state index in [2.05, 4.69) is 5.32 Å². The normalized spacial score (nSPS) is 17.1. The van der Waals surface area contributed by atoms with Gasteiger partial charge >= 0.3 is 5.97 Å². The lowest BCUT2D eigenvalue weighted by molar-refractivity contribution is -0.144. The topological polar surface area (TPSA) is 88.1 Å². The predicted molar refractivity (Wildman–Crippen MR) is 101 cm³/mol. The van der Waals surface area contributed by atoms with E-state index in [0.29, 0.717) is 43.4 Å². The number of amides is 1. The van der Waals surface area contributed by atoms with E-state index >= 15 is 0 Å². The maximum atomic E-state index is 12.3. The molecule has 0 radical (unpaired) electrons. The molecule has 1 heterocycles. The molecule has 8 heteroatoms. The molecule has 146 valence electrons. The number of ether oxygens (including phenoxy) is 2. The molecule has 1 unspecified atom stereocenters. The van der Waals surface area contributed by atoms with Crippen molar-refractivity contribution in [2.45, 2.75) is 26.7 Å². The number of piperidine rings is 1. The van der Waals surface area contributed by atoms with Crippen molar-refractivity contribution in [3.05, 3.63) is 18.2 Å². The lowest BCUT2D eigenvalue weighted by atomic mass is 9.98. The molecule has 1 fully saturated rings. The minimum absolute atomic E-state index is 0. The molecule has 0 spiro atoms. The van der Waals surface area contributed by atoms with Crippen LogP contribution in [-0.2, 0) is 9.59 Å². The van der Waals surface area contributed by atoms with Gasteiger partial charge in [-0.1, -0.05) is 0 Å². The molecule has 2 N–H and O–H groups in total. The number of rotatable bonds is 8. The fourth-order valence-electron chi connectivity index (χ4n) is 2.93. The summed E-state index contributed by atoms with van der Waals surface area (Å²) < 4.78 is 11.1. The van der Waals surface area contributed by atoms with Crippen molar-refractivity contribution >= 4 is 30.0 Å². The first-order chi connectivity index (χ1) is 12.0. The van der Waals surface area contributed by atoms with Crippen molar-refractivity contribution in [1.29, 1.82) is 0 Å². The second-order valence-corrected chi connectivity index (χ2v) is 5.99. The number of nitrogens with one attached hydrogen (secondary N) is 1. The Morgan fingerprint density at radius 2 is 1.92 bits per heavy atom. The molecule has 7 nitrogen and oxygen atoms in total. The van der Waals surface area contributed by atoms with Crippen molar-refractivity contribution in [2.24, 2.45) is 5.92 Å².